The minimum Gasteiger partial charge on any atom is -1.00 e. The van der Waals surface area contributed by atoms with Gasteiger partial charge in [0.2, 0.25) is 0 Å². The van der Waals surface area contributed by atoms with Crippen LogP contribution >= 0.6 is 0 Å². The standard InChI is InChI=1S/C16H14O3.C15H12O4.C15H10O4.C15H14O3.C15H10O3.2ClH/c1-10-6-14(18)8-16-15(10)7-12(9-19-16)11-2-4-13(17)5-3-11;2*16-11-3-1-2-9(4-11)10-5-13-14(18)6-12(17)7-15(13)19-8-10;2*16-12-7-14(17)13-6-11(9-18-15(13)8-12)10-4-2-1-3-5-10;;/h2-8,17-18H,9H2,1H3;1-7,16-18H,8H2;1-8H,(H2-,16,17,18);1-5,7-8,11,16-17H,6,9H2;1-9H,(H-,16,17);2*1H. The number of hydrogen-bond donors (Lipinski definition) is 12. The first kappa shape index (κ1) is 67.5. The maximum absolute atomic E-state index is 9.86. The molecular formula is C76H62Cl2O17. The fourth-order valence-electron chi connectivity index (χ4n) is 10.7. The van der Waals surface area contributed by atoms with E-state index >= 15 is 0 Å². The third kappa shape index (κ3) is 16.4. The van der Waals surface area contributed by atoms with Gasteiger partial charge >= 0.3 is 23.7 Å². The average molecular weight is 1320 g/mol. The molecule has 3 aliphatic rings. The summed E-state index contributed by atoms with van der Waals surface area (Å²) in [5.41, 5.74) is 12.5. The number of aromatic hydroxyl groups is 12. The van der Waals surface area contributed by atoms with E-state index in [1.54, 1.807) is 85.1 Å². The number of halogens is 2. The van der Waals surface area contributed by atoms with E-state index in [0.717, 1.165) is 67.6 Å². The zero-order chi connectivity index (χ0) is 65.3. The summed E-state index contributed by atoms with van der Waals surface area (Å²) in [6.45, 7) is 3.29. The number of aryl methyl sites for hydroxylation is 1. The van der Waals surface area contributed by atoms with Crippen molar-refractivity contribution in [2.75, 3.05) is 19.8 Å². The van der Waals surface area contributed by atoms with Crippen molar-refractivity contribution in [3.63, 3.8) is 0 Å². The van der Waals surface area contributed by atoms with Gasteiger partial charge in [0.05, 0.1) is 35.4 Å². The SMILES string of the molecule is Cc1cc(O)cc2c1C=C(c1ccc(O)cc1)CO2.Oc1cc(O)c2c(c1)OCC(c1ccccc1)C2.Oc1cc(O)c2cc(-c3ccccc3)c[o+]c2c1.Oc1cccc(-c2c[o+]c3cc(O)cc(O)c3c2)c1.Oc1cccc(C2=Cc3c(O)cc(O)cc3OC2)c1.[Cl-].[Cl-]. The average Bonchev–Trinajstić information content (AvgIpc) is 0.937. The van der Waals surface area contributed by atoms with E-state index < -0.39 is 0 Å². The van der Waals surface area contributed by atoms with E-state index in [-0.39, 0.29) is 99.7 Å². The molecule has 19 heteroatoms. The van der Waals surface area contributed by atoms with Crippen molar-refractivity contribution in [2.24, 2.45) is 0 Å². The molecule has 1 atom stereocenters. The van der Waals surface area contributed by atoms with Gasteiger partial charge in [0.25, 0.3) is 0 Å². The molecule has 10 aromatic carbocycles. The highest BCUT2D eigenvalue weighted by atomic mass is 35.5. The molecule has 2 aromatic heterocycles. The Bertz CT molecular complexity index is 4770. The fraction of sp³-hybridized carbons (Fsp3) is 0.0789. The van der Waals surface area contributed by atoms with Gasteiger partial charge in [-0.3, -0.25) is 0 Å². The molecule has 17 nitrogen and oxygen atoms in total. The largest absolute Gasteiger partial charge is 1.00 e. The predicted octanol–water partition coefficient (Wildman–Crippen LogP) is 10.2. The van der Waals surface area contributed by atoms with Gasteiger partial charge in [0.15, 0.2) is 0 Å². The lowest BCUT2D eigenvalue weighted by Crippen LogP contribution is -3.00. The van der Waals surface area contributed by atoms with Gasteiger partial charge in [0.1, 0.15) is 110 Å². The quantitative estimate of drug-likeness (QED) is 0.0713. The molecule has 0 radical (unpaired) electrons. The summed E-state index contributed by atoms with van der Waals surface area (Å²) < 4.78 is 27.7. The van der Waals surface area contributed by atoms with Gasteiger partial charge in [-0.15, -0.1) is 0 Å². The first-order valence-corrected chi connectivity index (χ1v) is 29.2. The topological polar surface area (TPSA) is 293 Å². The highest BCUT2D eigenvalue weighted by molar-refractivity contribution is 5.91. The molecule has 0 amide bonds. The van der Waals surface area contributed by atoms with Crippen LogP contribution in [0.5, 0.6) is 86.2 Å². The molecular weight excluding hydrogens is 1260 g/mol. The van der Waals surface area contributed by atoms with Crippen molar-refractivity contribution in [3.8, 4) is 108 Å². The third-order valence-electron chi connectivity index (χ3n) is 15.4. The molecule has 15 rings (SSSR count). The number of phenolic OH excluding ortho intramolecular Hbond substituents is 12. The van der Waals surface area contributed by atoms with E-state index in [9.17, 15) is 61.3 Å². The molecule has 3 aliphatic heterocycles. The van der Waals surface area contributed by atoms with Gasteiger partial charge in [-0.25, -0.2) is 8.83 Å². The molecule has 0 aliphatic carbocycles. The summed E-state index contributed by atoms with van der Waals surface area (Å²) in [7, 11) is 0. The molecule has 12 aromatic rings. The summed E-state index contributed by atoms with van der Waals surface area (Å²) in [6, 6.07) is 58.5. The van der Waals surface area contributed by atoms with Crippen LogP contribution in [0.4, 0.5) is 0 Å². The fourth-order valence-corrected chi connectivity index (χ4v) is 10.7. The van der Waals surface area contributed by atoms with Crippen LogP contribution in [0, 0.1) is 6.92 Å². The van der Waals surface area contributed by atoms with Crippen molar-refractivity contribution < 1.29 is 109 Å². The maximum Gasteiger partial charge on any atom is 0.367 e. The normalized spacial score (nSPS) is 12.9. The molecule has 0 fully saturated rings. The molecule has 0 saturated heterocycles. The summed E-state index contributed by atoms with van der Waals surface area (Å²) in [4.78, 5) is 0. The van der Waals surface area contributed by atoms with Crippen LogP contribution < -0.4 is 39.0 Å². The number of benzene rings is 10. The van der Waals surface area contributed by atoms with Crippen molar-refractivity contribution in [2.45, 2.75) is 19.3 Å². The zero-order valence-electron chi connectivity index (χ0n) is 50.5. The summed E-state index contributed by atoms with van der Waals surface area (Å²) in [6.07, 6.45) is 7.71. The van der Waals surface area contributed by atoms with E-state index in [0.29, 0.717) is 64.6 Å². The smallest absolute Gasteiger partial charge is 0.367 e. The number of phenols is 12. The Morgan fingerprint density at radius 2 is 0.811 bits per heavy atom. The minimum atomic E-state index is -0.0566. The first-order valence-electron chi connectivity index (χ1n) is 29.2. The van der Waals surface area contributed by atoms with E-state index in [1.807, 2.05) is 85.8 Å². The zero-order valence-corrected chi connectivity index (χ0v) is 52.0. The Balaban J connectivity index is 0.000000139. The van der Waals surface area contributed by atoms with E-state index in [2.05, 4.69) is 18.2 Å². The Morgan fingerprint density at radius 3 is 1.40 bits per heavy atom. The molecule has 12 N–H and O–H groups in total. The molecule has 5 heterocycles. The van der Waals surface area contributed by atoms with E-state index in [4.69, 9.17) is 23.0 Å². The second-order valence-corrected chi connectivity index (χ2v) is 22.0. The summed E-state index contributed by atoms with van der Waals surface area (Å²) >= 11 is 0. The monoisotopic (exact) mass is 1320 g/mol. The molecule has 0 saturated carbocycles. The second kappa shape index (κ2) is 30.0. The van der Waals surface area contributed by atoms with E-state index in [1.165, 1.54) is 54.3 Å². The van der Waals surface area contributed by atoms with Crippen molar-refractivity contribution in [1.82, 2.24) is 0 Å². The van der Waals surface area contributed by atoms with Crippen LogP contribution in [-0.4, -0.2) is 81.1 Å². The Hall–Kier alpha value is -11.9. The highest BCUT2D eigenvalue weighted by Crippen LogP contribution is 2.43. The Kier molecular flexibility index (Phi) is 21.3. The lowest BCUT2D eigenvalue weighted by atomic mass is 9.90. The van der Waals surface area contributed by atoms with Crippen LogP contribution in [-0.2, 0) is 6.42 Å². The number of ether oxygens (including phenoxy) is 3. The van der Waals surface area contributed by atoms with Crippen LogP contribution in [0.3, 0.4) is 0 Å². The van der Waals surface area contributed by atoms with Crippen LogP contribution in [0.25, 0.3) is 67.5 Å². The predicted molar refractivity (Wildman–Crippen MR) is 354 cm³/mol. The minimum absolute atomic E-state index is 0. The lowest BCUT2D eigenvalue weighted by molar-refractivity contribution is -0.001000. The Morgan fingerprint density at radius 1 is 0.347 bits per heavy atom. The van der Waals surface area contributed by atoms with Crippen LogP contribution in [0.15, 0.2) is 228 Å². The van der Waals surface area contributed by atoms with Gasteiger partial charge in [0, 0.05) is 59.5 Å². The lowest BCUT2D eigenvalue weighted by Gasteiger charge is -2.26. The Labute approximate surface area is 556 Å². The highest BCUT2D eigenvalue weighted by Gasteiger charge is 2.25. The van der Waals surface area contributed by atoms with Crippen molar-refractivity contribution in [3.05, 3.63) is 258 Å². The molecule has 1 unspecified atom stereocenters. The van der Waals surface area contributed by atoms with Crippen molar-refractivity contribution in [1.29, 1.82) is 0 Å². The second-order valence-electron chi connectivity index (χ2n) is 22.0. The maximum atomic E-state index is 9.86. The van der Waals surface area contributed by atoms with Gasteiger partial charge in [-0.1, -0.05) is 97.1 Å². The van der Waals surface area contributed by atoms with Gasteiger partial charge in [-0.05, 0) is 125 Å². The molecule has 482 valence electrons. The third-order valence-corrected chi connectivity index (χ3v) is 15.4. The van der Waals surface area contributed by atoms with Crippen LogP contribution in [0.1, 0.15) is 44.9 Å². The molecule has 0 bridgehead atoms. The van der Waals surface area contributed by atoms with Crippen LogP contribution in [0.2, 0.25) is 0 Å². The molecule has 0 spiro atoms. The first-order chi connectivity index (χ1) is 44.9. The van der Waals surface area contributed by atoms with Crippen molar-refractivity contribution >= 4 is 45.2 Å². The number of hydrogen-bond acceptors (Lipinski definition) is 15. The summed E-state index contributed by atoms with van der Waals surface area (Å²) in [5.74, 6) is 2.73. The van der Waals surface area contributed by atoms with Gasteiger partial charge in [-0.2, -0.15) is 0 Å². The number of rotatable bonds is 5. The summed E-state index contributed by atoms with van der Waals surface area (Å²) in [5, 5.41) is 116. The van der Waals surface area contributed by atoms with Gasteiger partial charge < -0.3 is 100 Å². The number of fused-ring (bicyclic) bond motifs is 5. The molecule has 95 heavy (non-hydrogen) atoms.